The molecule has 0 bridgehead atoms. The molecule has 0 aliphatic carbocycles. The summed E-state index contributed by atoms with van der Waals surface area (Å²) in [7, 11) is 2.71. The number of rotatable bonds is 8. The van der Waals surface area contributed by atoms with Crippen molar-refractivity contribution in [3.63, 3.8) is 0 Å². The van der Waals surface area contributed by atoms with Crippen molar-refractivity contribution in [1.29, 1.82) is 0 Å². The molecule has 5 heterocycles. The molecule has 286 valence electrons. The number of hydrogen-bond acceptors (Lipinski definition) is 11. The highest BCUT2D eigenvalue weighted by Crippen LogP contribution is 2.31. The molecule has 3 aliphatic heterocycles. The number of benzene rings is 1. The minimum absolute atomic E-state index is 0.0831. The Hall–Kier alpha value is -3.30. The molecule has 15 heteroatoms. The van der Waals surface area contributed by atoms with Gasteiger partial charge in [0.25, 0.3) is 5.91 Å². The number of nitrogens with one attached hydrogen (secondary N) is 1. The summed E-state index contributed by atoms with van der Waals surface area (Å²) < 4.78 is 10.8. The topological polar surface area (TPSA) is 120 Å². The predicted molar refractivity (Wildman–Crippen MR) is 214 cm³/mol. The summed E-state index contributed by atoms with van der Waals surface area (Å²) in [5, 5.41) is 4.12. The van der Waals surface area contributed by atoms with Crippen LogP contribution in [0, 0.1) is 0 Å². The van der Waals surface area contributed by atoms with Crippen molar-refractivity contribution >= 4 is 72.7 Å². The average Bonchev–Trinajstić information content (AvgIpc) is 3.20. The molecule has 53 heavy (non-hydrogen) atoms. The van der Waals surface area contributed by atoms with Crippen LogP contribution in [0.4, 0.5) is 11.4 Å². The van der Waals surface area contributed by atoms with Crippen molar-refractivity contribution < 1.29 is 23.9 Å². The zero-order valence-electron chi connectivity index (χ0n) is 30.7. The Kier molecular flexibility index (Phi) is 14.9. The fraction of sp³-hybridized carbons (Fsp3) is 0.500. The number of likely N-dealkylation sites (tertiary alicyclic amines) is 1. The molecule has 0 unspecified atom stereocenters. The number of ether oxygens (including phenoxy) is 2. The SMILES string of the molecule is CC[C@H]1CN(c2ccc(C(=O)OC)nc2Br)CCN1.CC[C@H]1CN(c2ccc(C(=O)OC)nc2Br)CCN1C1CCN(C(=O)c2ccc(Cl)cc2)CC1. The van der Waals surface area contributed by atoms with E-state index in [2.05, 4.69) is 80.4 Å². The molecule has 3 aliphatic rings. The minimum Gasteiger partial charge on any atom is -0.464 e. The van der Waals surface area contributed by atoms with E-state index in [1.165, 1.54) is 14.2 Å². The highest BCUT2D eigenvalue weighted by Gasteiger charge is 2.35. The van der Waals surface area contributed by atoms with Crippen molar-refractivity contribution in [1.82, 2.24) is 25.1 Å². The lowest BCUT2D eigenvalue weighted by atomic mass is 9.97. The van der Waals surface area contributed by atoms with Crippen LogP contribution in [-0.2, 0) is 9.47 Å². The van der Waals surface area contributed by atoms with Crippen LogP contribution in [0.15, 0.2) is 57.7 Å². The van der Waals surface area contributed by atoms with Crippen LogP contribution in [0.1, 0.15) is 70.9 Å². The molecule has 12 nitrogen and oxygen atoms in total. The van der Waals surface area contributed by atoms with Gasteiger partial charge in [0, 0.05) is 81.1 Å². The first-order valence-electron chi connectivity index (χ1n) is 18.1. The molecule has 3 saturated heterocycles. The maximum Gasteiger partial charge on any atom is 0.356 e. The lowest BCUT2D eigenvalue weighted by Crippen LogP contribution is -2.58. The van der Waals surface area contributed by atoms with Gasteiger partial charge in [0.2, 0.25) is 0 Å². The van der Waals surface area contributed by atoms with Crippen molar-refractivity contribution in [2.75, 3.05) is 76.4 Å². The van der Waals surface area contributed by atoms with Crippen molar-refractivity contribution in [2.45, 2.75) is 57.7 Å². The number of methoxy groups -OCH3 is 2. The first-order valence-corrected chi connectivity index (χ1v) is 20.1. The van der Waals surface area contributed by atoms with E-state index in [-0.39, 0.29) is 5.91 Å². The fourth-order valence-electron chi connectivity index (χ4n) is 7.19. The lowest BCUT2D eigenvalue weighted by molar-refractivity contribution is 0.0490. The molecule has 1 amide bonds. The normalized spacial score (nSPS) is 19.6. The summed E-state index contributed by atoms with van der Waals surface area (Å²) in [5.41, 5.74) is 3.33. The third-order valence-electron chi connectivity index (χ3n) is 10.2. The third kappa shape index (κ3) is 10.3. The largest absolute Gasteiger partial charge is 0.464 e. The number of nitrogens with zero attached hydrogens (tertiary/aromatic N) is 6. The second-order valence-electron chi connectivity index (χ2n) is 13.3. The molecular formula is C38H48Br2ClN7O5. The van der Waals surface area contributed by atoms with Gasteiger partial charge in [-0.1, -0.05) is 25.4 Å². The summed E-state index contributed by atoms with van der Waals surface area (Å²) in [5.74, 6) is -0.775. The molecule has 0 spiro atoms. The number of pyridine rings is 2. The van der Waals surface area contributed by atoms with Gasteiger partial charge in [-0.2, -0.15) is 0 Å². The average molecular weight is 878 g/mol. The number of carbonyl (C=O) groups excluding carboxylic acids is 3. The van der Waals surface area contributed by atoms with E-state index in [0.717, 1.165) is 89.4 Å². The summed E-state index contributed by atoms with van der Waals surface area (Å²) in [6, 6.07) is 15.8. The van der Waals surface area contributed by atoms with Gasteiger partial charge in [0.15, 0.2) is 0 Å². The second kappa shape index (κ2) is 19.3. The molecule has 2 aromatic heterocycles. The number of amides is 1. The molecule has 0 radical (unpaired) electrons. The van der Waals surface area contributed by atoms with E-state index in [9.17, 15) is 14.4 Å². The number of aromatic nitrogens is 2. The maximum absolute atomic E-state index is 12.9. The standard InChI is InChI=1S/C25H30BrClN4O3.C13H18BrN3O2/c1-3-19-16-30(22-9-8-21(25(33)34-2)28-23(22)26)14-15-31(19)20-10-12-29(13-11-20)24(32)17-4-6-18(27)7-5-17;1-3-9-8-17(7-6-15-9)11-5-4-10(13(18)19-2)16-12(11)14/h4-9,19-20H,3,10-16H2,1-2H3;4-5,9,15H,3,6-8H2,1-2H3/t19-;9-/m00/s1. The second-order valence-corrected chi connectivity index (χ2v) is 15.2. The summed E-state index contributed by atoms with van der Waals surface area (Å²) in [6.07, 6.45) is 4.11. The molecular weight excluding hydrogens is 830 g/mol. The van der Waals surface area contributed by atoms with Crippen LogP contribution >= 0.6 is 43.5 Å². The van der Waals surface area contributed by atoms with E-state index in [0.29, 0.717) is 49.3 Å². The zero-order valence-corrected chi connectivity index (χ0v) is 34.6. The van der Waals surface area contributed by atoms with E-state index in [1.807, 2.05) is 17.0 Å². The minimum atomic E-state index is -0.440. The maximum atomic E-state index is 12.9. The highest BCUT2D eigenvalue weighted by atomic mass is 79.9. The summed E-state index contributed by atoms with van der Waals surface area (Å²) >= 11 is 12.9. The quantitative estimate of drug-likeness (QED) is 0.203. The Balaban J connectivity index is 0.000000241. The Morgan fingerprint density at radius 2 is 1.34 bits per heavy atom. The van der Waals surface area contributed by atoms with Gasteiger partial charge in [-0.05, 0) is 106 Å². The first-order chi connectivity index (χ1) is 25.6. The molecule has 0 saturated carbocycles. The Morgan fingerprint density at radius 1 is 0.774 bits per heavy atom. The van der Waals surface area contributed by atoms with Gasteiger partial charge < -0.3 is 29.5 Å². The third-order valence-corrected chi connectivity index (χ3v) is 11.6. The number of piperidine rings is 1. The summed E-state index contributed by atoms with van der Waals surface area (Å²) in [4.78, 5) is 53.9. The Bertz CT molecular complexity index is 1730. The van der Waals surface area contributed by atoms with Crippen LogP contribution in [-0.4, -0.2) is 122 Å². The van der Waals surface area contributed by atoms with Gasteiger partial charge in [0.05, 0.1) is 25.6 Å². The predicted octanol–water partition coefficient (Wildman–Crippen LogP) is 6.31. The number of anilines is 2. The van der Waals surface area contributed by atoms with Gasteiger partial charge in [-0.15, -0.1) is 0 Å². The molecule has 1 aromatic carbocycles. The zero-order chi connectivity index (χ0) is 38.1. The Labute approximate surface area is 333 Å². The van der Waals surface area contributed by atoms with Crippen molar-refractivity contribution in [2.24, 2.45) is 0 Å². The number of carbonyl (C=O) groups is 3. The van der Waals surface area contributed by atoms with Crippen molar-refractivity contribution in [3.05, 3.63) is 79.7 Å². The molecule has 3 aromatic rings. The van der Waals surface area contributed by atoms with E-state index >= 15 is 0 Å². The fourth-order valence-corrected chi connectivity index (χ4v) is 8.46. The van der Waals surface area contributed by atoms with Crippen molar-refractivity contribution in [3.8, 4) is 0 Å². The van der Waals surface area contributed by atoms with Gasteiger partial charge in [0.1, 0.15) is 20.6 Å². The number of halogens is 3. The number of piperazine rings is 2. The number of hydrogen-bond donors (Lipinski definition) is 1. The van der Waals surface area contributed by atoms with Crippen LogP contribution < -0.4 is 15.1 Å². The monoisotopic (exact) mass is 875 g/mol. The van der Waals surface area contributed by atoms with E-state index < -0.39 is 11.9 Å². The summed E-state index contributed by atoms with van der Waals surface area (Å²) in [6.45, 7) is 11.5. The van der Waals surface area contributed by atoms with E-state index in [4.69, 9.17) is 16.3 Å². The first kappa shape index (κ1) is 40.9. The van der Waals surface area contributed by atoms with Crippen LogP contribution in [0.5, 0.6) is 0 Å². The van der Waals surface area contributed by atoms with Crippen LogP contribution in [0.2, 0.25) is 5.02 Å². The highest BCUT2D eigenvalue weighted by molar-refractivity contribution is 9.10. The lowest BCUT2D eigenvalue weighted by Gasteiger charge is -2.48. The van der Waals surface area contributed by atoms with Gasteiger partial charge in [-0.3, -0.25) is 9.69 Å². The molecule has 3 fully saturated rings. The van der Waals surface area contributed by atoms with Crippen LogP contribution in [0.25, 0.3) is 0 Å². The Morgan fingerprint density at radius 3 is 1.85 bits per heavy atom. The smallest absolute Gasteiger partial charge is 0.356 e. The molecule has 6 rings (SSSR count). The number of esters is 2. The molecule has 2 atom stereocenters. The van der Waals surface area contributed by atoms with Crippen LogP contribution in [0.3, 0.4) is 0 Å². The molecule has 1 N–H and O–H groups in total. The van der Waals surface area contributed by atoms with Gasteiger partial charge >= 0.3 is 11.9 Å². The van der Waals surface area contributed by atoms with E-state index in [1.54, 1.807) is 36.4 Å². The van der Waals surface area contributed by atoms with Gasteiger partial charge in [-0.25, -0.2) is 19.6 Å².